The Morgan fingerprint density at radius 1 is 1.12 bits per heavy atom. The van der Waals surface area contributed by atoms with Crippen molar-refractivity contribution in [3.05, 3.63) is 46.5 Å². The molecule has 2 aromatic carbocycles. The SMILES string of the molecule is CCCCOc1c(Cl)cc(C(=O)Nc2cc(C)ccc2OC)cc1OC. The summed E-state index contributed by atoms with van der Waals surface area (Å²) in [6.07, 6.45) is 1.92. The second kappa shape index (κ2) is 9.34. The van der Waals surface area contributed by atoms with Gasteiger partial charge in [-0.1, -0.05) is 31.0 Å². The van der Waals surface area contributed by atoms with Crippen LogP contribution in [0.1, 0.15) is 35.7 Å². The Kier molecular flexibility index (Phi) is 7.16. The van der Waals surface area contributed by atoms with E-state index in [9.17, 15) is 4.79 Å². The third kappa shape index (κ3) is 4.82. The lowest BCUT2D eigenvalue weighted by Gasteiger charge is -2.15. The van der Waals surface area contributed by atoms with Gasteiger partial charge >= 0.3 is 0 Å². The number of amides is 1. The molecule has 0 saturated carbocycles. The number of hydrogen-bond acceptors (Lipinski definition) is 4. The summed E-state index contributed by atoms with van der Waals surface area (Å²) in [6.45, 7) is 4.56. The normalized spacial score (nSPS) is 10.3. The number of ether oxygens (including phenoxy) is 3. The molecule has 0 atom stereocenters. The van der Waals surface area contributed by atoms with Crippen LogP contribution in [0, 0.1) is 6.92 Å². The van der Waals surface area contributed by atoms with Gasteiger partial charge in [-0.2, -0.15) is 0 Å². The molecule has 1 N–H and O–H groups in total. The predicted molar refractivity (Wildman–Crippen MR) is 104 cm³/mol. The summed E-state index contributed by atoms with van der Waals surface area (Å²) < 4.78 is 16.3. The van der Waals surface area contributed by atoms with Crippen LogP contribution in [-0.4, -0.2) is 26.7 Å². The van der Waals surface area contributed by atoms with E-state index in [1.165, 1.54) is 7.11 Å². The van der Waals surface area contributed by atoms with Crippen LogP contribution in [-0.2, 0) is 0 Å². The van der Waals surface area contributed by atoms with Crippen molar-refractivity contribution in [2.24, 2.45) is 0 Å². The average Bonchev–Trinajstić information content (AvgIpc) is 2.63. The number of methoxy groups -OCH3 is 2. The monoisotopic (exact) mass is 377 g/mol. The third-order valence-electron chi connectivity index (χ3n) is 3.84. The van der Waals surface area contributed by atoms with E-state index in [1.54, 1.807) is 19.2 Å². The van der Waals surface area contributed by atoms with E-state index in [1.807, 2.05) is 25.1 Å². The Hall–Kier alpha value is -2.40. The van der Waals surface area contributed by atoms with E-state index in [0.29, 0.717) is 40.1 Å². The van der Waals surface area contributed by atoms with Gasteiger partial charge in [0.05, 0.1) is 31.5 Å². The van der Waals surface area contributed by atoms with Crippen LogP contribution in [0.15, 0.2) is 30.3 Å². The number of hydrogen-bond donors (Lipinski definition) is 1. The fourth-order valence-corrected chi connectivity index (χ4v) is 2.69. The highest BCUT2D eigenvalue weighted by molar-refractivity contribution is 6.32. The molecule has 0 heterocycles. The minimum atomic E-state index is -0.311. The number of carbonyl (C=O) groups is 1. The molecule has 0 aromatic heterocycles. The van der Waals surface area contributed by atoms with E-state index in [4.69, 9.17) is 25.8 Å². The lowest BCUT2D eigenvalue weighted by Crippen LogP contribution is -2.13. The number of halogens is 1. The summed E-state index contributed by atoms with van der Waals surface area (Å²) in [7, 11) is 3.08. The molecule has 5 nitrogen and oxygen atoms in total. The molecule has 0 aliphatic heterocycles. The molecule has 0 aliphatic rings. The molecule has 0 unspecified atom stereocenters. The van der Waals surface area contributed by atoms with Gasteiger partial charge in [-0.25, -0.2) is 0 Å². The molecule has 6 heteroatoms. The summed E-state index contributed by atoms with van der Waals surface area (Å²) in [6, 6.07) is 8.76. The molecule has 0 fully saturated rings. The molecule has 26 heavy (non-hydrogen) atoms. The molecule has 140 valence electrons. The predicted octanol–water partition coefficient (Wildman–Crippen LogP) is 5.10. The van der Waals surface area contributed by atoms with E-state index < -0.39 is 0 Å². The van der Waals surface area contributed by atoms with Crippen LogP contribution in [0.4, 0.5) is 5.69 Å². The number of rotatable bonds is 8. The number of unbranched alkanes of at least 4 members (excludes halogenated alkanes) is 1. The Labute approximate surface area is 159 Å². The van der Waals surface area contributed by atoms with E-state index in [-0.39, 0.29) is 5.91 Å². The summed E-state index contributed by atoms with van der Waals surface area (Å²) in [5.41, 5.74) is 1.98. The van der Waals surface area contributed by atoms with E-state index in [2.05, 4.69) is 12.2 Å². The van der Waals surface area contributed by atoms with Crippen molar-refractivity contribution < 1.29 is 19.0 Å². The first-order valence-corrected chi connectivity index (χ1v) is 8.84. The first-order valence-electron chi connectivity index (χ1n) is 8.46. The molecule has 2 rings (SSSR count). The maximum absolute atomic E-state index is 12.7. The van der Waals surface area contributed by atoms with Crippen molar-refractivity contribution in [3.8, 4) is 17.2 Å². The number of anilines is 1. The summed E-state index contributed by atoms with van der Waals surface area (Å²) >= 11 is 6.31. The fraction of sp³-hybridized carbons (Fsp3) is 0.350. The van der Waals surface area contributed by atoms with Crippen LogP contribution in [0.25, 0.3) is 0 Å². The lowest BCUT2D eigenvalue weighted by atomic mass is 10.1. The molecule has 1 amide bonds. The van der Waals surface area contributed by atoms with Crippen LogP contribution >= 0.6 is 11.6 Å². The zero-order valence-corrected chi connectivity index (χ0v) is 16.3. The summed E-state index contributed by atoms with van der Waals surface area (Å²) in [4.78, 5) is 12.7. The van der Waals surface area contributed by atoms with Crippen molar-refractivity contribution in [2.75, 3.05) is 26.1 Å². The fourth-order valence-electron chi connectivity index (χ4n) is 2.42. The molecular formula is C20H24ClNO4. The van der Waals surface area contributed by atoms with Crippen molar-refractivity contribution in [2.45, 2.75) is 26.7 Å². The maximum Gasteiger partial charge on any atom is 0.255 e. The molecular weight excluding hydrogens is 354 g/mol. The zero-order chi connectivity index (χ0) is 19.1. The van der Waals surface area contributed by atoms with Gasteiger partial charge in [0.15, 0.2) is 11.5 Å². The first kappa shape index (κ1) is 19.9. The van der Waals surface area contributed by atoms with E-state index >= 15 is 0 Å². The van der Waals surface area contributed by atoms with Gasteiger partial charge < -0.3 is 19.5 Å². The Bertz CT molecular complexity index is 777. The van der Waals surface area contributed by atoms with Crippen molar-refractivity contribution >= 4 is 23.2 Å². The molecule has 0 radical (unpaired) electrons. The summed E-state index contributed by atoms with van der Waals surface area (Å²) in [5, 5.41) is 3.18. The molecule has 2 aromatic rings. The van der Waals surface area contributed by atoms with Gasteiger partial charge in [0, 0.05) is 5.56 Å². The first-order chi connectivity index (χ1) is 12.5. The Morgan fingerprint density at radius 2 is 1.85 bits per heavy atom. The minimum Gasteiger partial charge on any atom is -0.495 e. The molecule has 0 saturated heterocycles. The molecule has 0 aliphatic carbocycles. The highest BCUT2D eigenvalue weighted by atomic mass is 35.5. The topological polar surface area (TPSA) is 56.8 Å². The number of aryl methyl sites for hydroxylation is 1. The lowest BCUT2D eigenvalue weighted by molar-refractivity contribution is 0.102. The van der Waals surface area contributed by atoms with Gasteiger partial charge in [-0.3, -0.25) is 4.79 Å². The zero-order valence-electron chi connectivity index (χ0n) is 15.5. The highest BCUT2D eigenvalue weighted by Gasteiger charge is 2.17. The Balaban J connectivity index is 2.26. The second-order valence-corrected chi connectivity index (χ2v) is 6.26. The van der Waals surface area contributed by atoms with Gasteiger partial charge in [0.1, 0.15) is 5.75 Å². The number of carbonyl (C=O) groups excluding carboxylic acids is 1. The van der Waals surface area contributed by atoms with Crippen LogP contribution < -0.4 is 19.5 Å². The van der Waals surface area contributed by atoms with E-state index in [0.717, 1.165) is 18.4 Å². The van der Waals surface area contributed by atoms with Gasteiger partial charge in [-0.05, 0) is 43.2 Å². The van der Waals surface area contributed by atoms with Gasteiger partial charge in [0.2, 0.25) is 0 Å². The van der Waals surface area contributed by atoms with Gasteiger partial charge in [0.25, 0.3) is 5.91 Å². The summed E-state index contributed by atoms with van der Waals surface area (Å²) in [5.74, 6) is 1.15. The molecule has 0 bridgehead atoms. The van der Waals surface area contributed by atoms with Crippen molar-refractivity contribution in [1.82, 2.24) is 0 Å². The van der Waals surface area contributed by atoms with Crippen LogP contribution in [0.5, 0.6) is 17.2 Å². The minimum absolute atomic E-state index is 0.311. The van der Waals surface area contributed by atoms with Crippen molar-refractivity contribution in [1.29, 1.82) is 0 Å². The molecule has 0 spiro atoms. The van der Waals surface area contributed by atoms with Gasteiger partial charge in [-0.15, -0.1) is 0 Å². The smallest absolute Gasteiger partial charge is 0.255 e. The number of nitrogens with one attached hydrogen (secondary N) is 1. The Morgan fingerprint density at radius 3 is 2.50 bits per heavy atom. The largest absolute Gasteiger partial charge is 0.495 e. The second-order valence-electron chi connectivity index (χ2n) is 5.85. The standard InChI is InChI=1S/C20H24ClNO4/c1-5-6-9-26-19-15(21)11-14(12-18(19)25-4)20(23)22-16-10-13(2)7-8-17(16)24-3/h7-8,10-12H,5-6,9H2,1-4H3,(H,22,23). The highest BCUT2D eigenvalue weighted by Crippen LogP contribution is 2.37. The quantitative estimate of drug-likeness (QED) is 0.650. The van der Waals surface area contributed by atoms with Crippen molar-refractivity contribution in [3.63, 3.8) is 0 Å². The van der Waals surface area contributed by atoms with Crippen LogP contribution in [0.3, 0.4) is 0 Å². The third-order valence-corrected chi connectivity index (χ3v) is 4.12. The van der Waals surface area contributed by atoms with Crippen LogP contribution in [0.2, 0.25) is 5.02 Å². The average molecular weight is 378 g/mol. The maximum atomic E-state index is 12.7. The number of benzene rings is 2.